The minimum atomic E-state index is 0.441. The van der Waals surface area contributed by atoms with Gasteiger partial charge in [-0.25, -0.2) is 0 Å². The van der Waals surface area contributed by atoms with Crippen LogP contribution in [0.15, 0.2) is 42.6 Å². The van der Waals surface area contributed by atoms with Crippen LogP contribution in [0.3, 0.4) is 0 Å². The number of fused-ring (bicyclic) bond motifs is 2. The Kier molecular flexibility index (Phi) is 8.71. The van der Waals surface area contributed by atoms with Crippen molar-refractivity contribution in [1.29, 1.82) is 0 Å². The molecule has 1 aromatic carbocycles. The molecule has 0 saturated carbocycles. The first-order chi connectivity index (χ1) is 16.2. The Morgan fingerprint density at radius 3 is 2.73 bits per heavy atom. The van der Waals surface area contributed by atoms with Crippen molar-refractivity contribution in [2.45, 2.75) is 71.0 Å². The molecule has 2 heterocycles. The lowest BCUT2D eigenvalue weighted by Gasteiger charge is -2.36. The Labute approximate surface area is 201 Å². The zero-order chi connectivity index (χ0) is 23.0. The van der Waals surface area contributed by atoms with Crippen molar-refractivity contribution in [2.24, 2.45) is 0 Å². The first-order valence-electron chi connectivity index (χ1n) is 13.1. The van der Waals surface area contributed by atoms with Crippen molar-refractivity contribution in [3.05, 3.63) is 70.6 Å². The molecular weight excluding hydrogens is 404 g/mol. The van der Waals surface area contributed by atoms with Gasteiger partial charge in [0, 0.05) is 31.9 Å². The molecule has 4 rings (SSSR count). The van der Waals surface area contributed by atoms with E-state index in [4.69, 9.17) is 4.98 Å². The molecule has 0 amide bonds. The highest BCUT2D eigenvalue weighted by Gasteiger charge is 2.28. The second kappa shape index (κ2) is 11.9. The van der Waals surface area contributed by atoms with Gasteiger partial charge in [-0.1, -0.05) is 50.3 Å². The van der Waals surface area contributed by atoms with E-state index in [1.165, 1.54) is 73.1 Å². The van der Waals surface area contributed by atoms with Crippen LogP contribution in [0.25, 0.3) is 6.08 Å². The lowest BCUT2D eigenvalue weighted by molar-refractivity contribution is 0.191. The summed E-state index contributed by atoms with van der Waals surface area (Å²) in [5, 5.41) is 3.81. The molecule has 0 bridgehead atoms. The molecule has 1 N–H and O–H groups in total. The third-order valence-corrected chi connectivity index (χ3v) is 7.29. The fourth-order valence-corrected chi connectivity index (χ4v) is 5.67. The smallest absolute Gasteiger partial charge is 0.0607 e. The number of aromatic nitrogens is 1. The average Bonchev–Trinajstić information content (AvgIpc) is 2.84. The average molecular weight is 447 g/mol. The summed E-state index contributed by atoms with van der Waals surface area (Å²) in [5.74, 6) is 0. The summed E-state index contributed by atoms with van der Waals surface area (Å²) in [4.78, 5) is 9.86. The van der Waals surface area contributed by atoms with E-state index >= 15 is 0 Å². The summed E-state index contributed by atoms with van der Waals surface area (Å²) in [7, 11) is 2.29. The van der Waals surface area contributed by atoms with E-state index in [1.807, 2.05) is 6.20 Å². The van der Waals surface area contributed by atoms with E-state index in [1.54, 1.807) is 0 Å². The molecule has 2 aliphatic rings. The van der Waals surface area contributed by atoms with Crippen LogP contribution in [0.5, 0.6) is 0 Å². The fourth-order valence-electron chi connectivity index (χ4n) is 5.67. The molecule has 1 aliphatic heterocycles. The maximum Gasteiger partial charge on any atom is 0.0607 e. The molecule has 0 spiro atoms. The number of hydrogen-bond donors (Lipinski definition) is 1. The zero-order valence-electron chi connectivity index (χ0n) is 20.9. The van der Waals surface area contributed by atoms with Crippen molar-refractivity contribution < 1.29 is 0 Å². The van der Waals surface area contributed by atoms with Gasteiger partial charge in [0.2, 0.25) is 0 Å². The molecular formula is C29H42N4. The molecule has 178 valence electrons. The predicted octanol–water partition coefficient (Wildman–Crippen LogP) is 5.24. The lowest BCUT2D eigenvalue weighted by Crippen LogP contribution is -2.45. The van der Waals surface area contributed by atoms with Crippen LogP contribution >= 0.6 is 0 Å². The first kappa shape index (κ1) is 24.1. The molecule has 0 unspecified atom stereocenters. The molecule has 2 atom stereocenters. The van der Waals surface area contributed by atoms with Gasteiger partial charge < -0.3 is 5.32 Å². The first-order valence-corrected chi connectivity index (χ1v) is 13.1. The summed E-state index contributed by atoms with van der Waals surface area (Å²) in [5.41, 5.74) is 7.13. The number of pyridine rings is 1. The van der Waals surface area contributed by atoms with Crippen molar-refractivity contribution >= 4 is 6.08 Å². The maximum absolute atomic E-state index is 4.76. The fraction of sp³-hybridized carbons (Fsp3) is 0.552. The summed E-state index contributed by atoms with van der Waals surface area (Å²) in [6.45, 7) is 9.97. The highest BCUT2D eigenvalue weighted by atomic mass is 15.2. The number of nitrogens with zero attached hydrogens (tertiary/aromatic N) is 3. The maximum atomic E-state index is 4.76. The third-order valence-electron chi connectivity index (χ3n) is 7.29. The Morgan fingerprint density at radius 2 is 1.91 bits per heavy atom. The van der Waals surface area contributed by atoms with E-state index in [0.29, 0.717) is 12.1 Å². The molecule has 1 aliphatic carbocycles. The van der Waals surface area contributed by atoms with Crippen LogP contribution in [0.2, 0.25) is 0 Å². The van der Waals surface area contributed by atoms with Crippen molar-refractivity contribution in [2.75, 3.05) is 33.2 Å². The van der Waals surface area contributed by atoms with E-state index in [9.17, 15) is 0 Å². The molecule has 33 heavy (non-hydrogen) atoms. The van der Waals surface area contributed by atoms with Gasteiger partial charge in [-0.3, -0.25) is 14.8 Å². The standard InChI is InChI=1S/C29H42N4/c1-4-17-33(18-5-2)19-9-14-23-10-6-12-25-21-31-26(20-27(23)25)22-32(3)28-15-7-11-24-13-8-16-30-29(24)28/h6,8-10,12-14,16,26,28,31H,4-5,7,11,15,17-22H2,1-3H3/b14-9+/t26-,28+/m1/s1. The summed E-state index contributed by atoms with van der Waals surface area (Å²) < 4.78 is 0. The second-order valence-corrected chi connectivity index (χ2v) is 9.87. The molecule has 4 heteroatoms. The highest BCUT2D eigenvalue weighted by Crippen LogP contribution is 2.32. The number of likely N-dealkylation sites (N-methyl/N-ethyl adjacent to an activating group) is 1. The Balaban J connectivity index is 1.41. The van der Waals surface area contributed by atoms with Crippen LogP contribution in [0.1, 0.15) is 73.5 Å². The number of aryl methyl sites for hydroxylation is 1. The third kappa shape index (κ3) is 6.11. The van der Waals surface area contributed by atoms with Gasteiger partial charge in [-0.15, -0.1) is 0 Å². The van der Waals surface area contributed by atoms with E-state index in [-0.39, 0.29) is 0 Å². The normalized spacial score (nSPS) is 20.4. The van der Waals surface area contributed by atoms with Crippen LogP contribution < -0.4 is 5.32 Å². The van der Waals surface area contributed by atoms with Gasteiger partial charge in [0.15, 0.2) is 0 Å². The van der Waals surface area contributed by atoms with Gasteiger partial charge in [0.1, 0.15) is 0 Å². The van der Waals surface area contributed by atoms with Crippen LogP contribution in [-0.2, 0) is 19.4 Å². The lowest BCUT2D eigenvalue weighted by atomic mass is 9.89. The molecule has 0 saturated heterocycles. The summed E-state index contributed by atoms with van der Waals surface area (Å²) in [6, 6.07) is 12.1. The van der Waals surface area contributed by atoms with Crippen LogP contribution in [0.4, 0.5) is 0 Å². The van der Waals surface area contributed by atoms with Crippen LogP contribution in [0, 0.1) is 0 Å². The van der Waals surface area contributed by atoms with Gasteiger partial charge >= 0.3 is 0 Å². The van der Waals surface area contributed by atoms with Crippen molar-refractivity contribution in [1.82, 2.24) is 20.1 Å². The second-order valence-electron chi connectivity index (χ2n) is 9.87. The summed E-state index contributed by atoms with van der Waals surface area (Å²) in [6.07, 6.45) is 13.9. The molecule has 4 nitrogen and oxygen atoms in total. The molecule has 0 radical (unpaired) electrons. The molecule has 2 aromatic rings. The van der Waals surface area contributed by atoms with Crippen LogP contribution in [-0.4, -0.2) is 54.1 Å². The Hall–Kier alpha value is -2.01. The van der Waals surface area contributed by atoms with Gasteiger partial charge in [-0.2, -0.15) is 0 Å². The highest BCUT2D eigenvalue weighted by molar-refractivity contribution is 5.57. The van der Waals surface area contributed by atoms with Gasteiger partial charge in [0.05, 0.1) is 11.7 Å². The topological polar surface area (TPSA) is 31.4 Å². The van der Waals surface area contributed by atoms with Gasteiger partial charge in [-0.05, 0) is 87.0 Å². The van der Waals surface area contributed by atoms with E-state index in [0.717, 1.165) is 26.1 Å². The van der Waals surface area contributed by atoms with E-state index in [2.05, 4.69) is 78.5 Å². The number of hydrogen-bond acceptors (Lipinski definition) is 4. The summed E-state index contributed by atoms with van der Waals surface area (Å²) >= 11 is 0. The van der Waals surface area contributed by atoms with E-state index < -0.39 is 0 Å². The number of benzene rings is 1. The predicted molar refractivity (Wildman–Crippen MR) is 139 cm³/mol. The number of rotatable bonds is 10. The SMILES string of the molecule is CCCN(C/C=C/c1cccc2c1C[C@H](CN(C)[C@H]1CCCc3cccnc31)NC2)CCC. The Bertz CT molecular complexity index is 916. The molecule has 0 fully saturated rings. The largest absolute Gasteiger partial charge is 0.308 e. The zero-order valence-corrected chi connectivity index (χ0v) is 20.9. The monoisotopic (exact) mass is 446 g/mol. The molecule has 1 aromatic heterocycles. The quantitative estimate of drug-likeness (QED) is 0.541. The Morgan fingerprint density at radius 1 is 1.09 bits per heavy atom. The minimum absolute atomic E-state index is 0.441. The minimum Gasteiger partial charge on any atom is -0.308 e. The number of nitrogens with one attached hydrogen (secondary N) is 1. The van der Waals surface area contributed by atoms with Gasteiger partial charge in [0.25, 0.3) is 0 Å². The van der Waals surface area contributed by atoms with Crippen molar-refractivity contribution in [3.8, 4) is 0 Å². The van der Waals surface area contributed by atoms with Crippen molar-refractivity contribution in [3.63, 3.8) is 0 Å².